The van der Waals surface area contributed by atoms with E-state index in [0.717, 1.165) is 49.6 Å². The lowest BCUT2D eigenvalue weighted by atomic mass is 9.75. The Morgan fingerprint density at radius 3 is 2.48 bits per heavy atom. The predicted molar refractivity (Wildman–Crippen MR) is 102 cm³/mol. The van der Waals surface area contributed by atoms with E-state index in [9.17, 15) is 0 Å². The fourth-order valence-corrected chi connectivity index (χ4v) is 4.55. The summed E-state index contributed by atoms with van der Waals surface area (Å²) in [5.41, 5.74) is 2.18. The highest BCUT2D eigenvalue weighted by molar-refractivity contribution is 6.39. The van der Waals surface area contributed by atoms with Crippen LogP contribution in [0.4, 0.5) is 0 Å². The molecule has 6 heteroatoms. The van der Waals surface area contributed by atoms with E-state index in [1.807, 2.05) is 12.1 Å². The molecule has 0 aromatic heterocycles. The highest BCUT2D eigenvalue weighted by Crippen LogP contribution is 2.45. The van der Waals surface area contributed by atoms with Gasteiger partial charge in [0.1, 0.15) is 18.1 Å². The fourth-order valence-electron chi connectivity index (χ4n) is 3.63. The lowest BCUT2D eigenvalue weighted by Crippen LogP contribution is -2.40. The van der Waals surface area contributed by atoms with Crippen molar-refractivity contribution in [3.05, 3.63) is 56.5 Å². The van der Waals surface area contributed by atoms with Crippen LogP contribution in [0.1, 0.15) is 24.0 Å². The van der Waals surface area contributed by atoms with Gasteiger partial charge in [0.05, 0.1) is 16.7 Å². The molecule has 2 aliphatic heterocycles. The maximum atomic E-state index is 6.21. The van der Waals surface area contributed by atoms with Crippen molar-refractivity contribution in [3.63, 3.8) is 0 Å². The second-order valence-electron chi connectivity index (χ2n) is 6.61. The van der Waals surface area contributed by atoms with Crippen LogP contribution in [0.2, 0.25) is 15.1 Å². The third-order valence-electron chi connectivity index (χ3n) is 5.08. The molecule has 0 saturated carbocycles. The zero-order chi connectivity index (χ0) is 17.4. The molecule has 1 N–H and O–H groups in total. The van der Waals surface area contributed by atoms with Crippen molar-refractivity contribution in [2.45, 2.75) is 24.9 Å². The van der Waals surface area contributed by atoms with E-state index >= 15 is 0 Å². The normalized spacial score (nSPS) is 18.0. The molecule has 2 aromatic carbocycles. The second-order valence-corrected chi connectivity index (χ2v) is 7.86. The number of nitrogens with one attached hydrogen (secondary N) is 1. The van der Waals surface area contributed by atoms with Gasteiger partial charge in [0.15, 0.2) is 0 Å². The Morgan fingerprint density at radius 2 is 1.76 bits per heavy atom. The first kappa shape index (κ1) is 17.3. The Balaban J connectivity index is 1.52. The maximum absolute atomic E-state index is 6.21. The van der Waals surface area contributed by atoms with E-state index < -0.39 is 0 Å². The van der Waals surface area contributed by atoms with Crippen molar-refractivity contribution in [1.82, 2.24) is 5.32 Å². The van der Waals surface area contributed by atoms with Gasteiger partial charge in [-0.3, -0.25) is 0 Å². The van der Waals surface area contributed by atoms with Crippen LogP contribution in [0.3, 0.4) is 0 Å². The standard InChI is InChI=1S/C19H18Cl3NO2/c20-12-7-16(21)14(17(22)8-12)10-24-13-1-2-15-18(9-13)25-11-19(15)3-5-23-6-4-19/h1-2,7-9,23H,3-6,10-11H2. The van der Waals surface area contributed by atoms with E-state index in [2.05, 4.69) is 11.4 Å². The Morgan fingerprint density at radius 1 is 1.04 bits per heavy atom. The summed E-state index contributed by atoms with van der Waals surface area (Å²) >= 11 is 18.4. The summed E-state index contributed by atoms with van der Waals surface area (Å²) in [6, 6.07) is 9.42. The van der Waals surface area contributed by atoms with Crippen LogP contribution in [0.5, 0.6) is 11.5 Å². The molecule has 0 radical (unpaired) electrons. The Kier molecular flexibility index (Phi) is 4.76. The van der Waals surface area contributed by atoms with Gasteiger partial charge in [0.2, 0.25) is 0 Å². The molecule has 3 nitrogen and oxygen atoms in total. The third kappa shape index (κ3) is 3.31. The van der Waals surface area contributed by atoms with Crippen molar-refractivity contribution >= 4 is 34.8 Å². The van der Waals surface area contributed by atoms with Crippen LogP contribution < -0.4 is 14.8 Å². The monoisotopic (exact) mass is 397 g/mol. The number of halogens is 3. The molecular weight excluding hydrogens is 381 g/mol. The van der Waals surface area contributed by atoms with Crippen molar-refractivity contribution in [2.24, 2.45) is 0 Å². The van der Waals surface area contributed by atoms with Gasteiger partial charge in [0, 0.05) is 27.6 Å². The molecule has 2 aromatic rings. The molecule has 4 rings (SSSR count). The molecule has 1 fully saturated rings. The Hall–Kier alpha value is -1.13. The smallest absolute Gasteiger partial charge is 0.126 e. The minimum Gasteiger partial charge on any atom is -0.492 e. The van der Waals surface area contributed by atoms with Crippen LogP contribution in [0.15, 0.2) is 30.3 Å². The molecule has 0 unspecified atom stereocenters. The number of hydrogen-bond acceptors (Lipinski definition) is 3. The van der Waals surface area contributed by atoms with Crippen LogP contribution in [-0.4, -0.2) is 19.7 Å². The molecule has 132 valence electrons. The largest absolute Gasteiger partial charge is 0.492 e. The van der Waals surface area contributed by atoms with Crippen LogP contribution in [0.25, 0.3) is 0 Å². The summed E-state index contributed by atoms with van der Waals surface area (Å²) in [5.74, 6) is 1.67. The van der Waals surface area contributed by atoms with Gasteiger partial charge in [-0.05, 0) is 44.1 Å². The second kappa shape index (κ2) is 6.88. The summed E-state index contributed by atoms with van der Waals surface area (Å²) in [4.78, 5) is 0. The van der Waals surface area contributed by atoms with Crippen molar-refractivity contribution in [1.29, 1.82) is 0 Å². The average molecular weight is 399 g/mol. The molecule has 2 aliphatic rings. The van der Waals surface area contributed by atoms with Gasteiger partial charge in [-0.1, -0.05) is 40.9 Å². The van der Waals surface area contributed by atoms with Crippen molar-refractivity contribution in [3.8, 4) is 11.5 Å². The fraction of sp³-hybridized carbons (Fsp3) is 0.368. The summed E-state index contributed by atoms with van der Waals surface area (Å²) in [7, 11) is 0. The van der Waals surface area contributed by atoms with Gasteiger partial charge >= 0.3 is 0 Å². The van der Waals surface area contributed by atoms with E-state index in [-0.39, 0.29) is 12.0 Å². The number of piperidine rings is 1. The van der Waals surface area contributed by atoms with Crippen molar-refractivity contribution in [2.75, 3.05) is 19.7 Å². The first-order valence-corrected chi connectivity index (χ1v) is 9.45. The maximum Gasteiger partial charge on any atom is 0.126 e. The molecule has 0 amide bonds. The topological polar surface area (TPSA) is 30.5 Å². The Bertz CT molecular complexity index is 780. The van der Waals surface area contributed by atoms with Crippen LogP contribution >= 0.6 is 34.8 Å². The molecule has 0 bridgehead atoms. The van der Waals surface area contributed by atoms with E-state index in [4.69, 9.17) is 44.3 Å². The molecule has 0 atom stereocenters. The van der Waals surface area contributed by atoms with Crippen molar-refractivity contribution < 1.29 is 9.47 Å². The molecule has 0 aliphatic carbocycles. The summed E-state index contributed by atoms with van der Waals surface area (Å²) < 4.78 is 11.9. The number of ether oxygens (including phenoxy) is 2. The third-order valence-corrected chi connectivity index (χ3v) is 5.97. The molecule has 1 spiro atoms. The predicted octanol–water partition coefficient (Wildman–Crippen LogP) is 5.24. The average Bonchev–Trinajstić information content (AvgIpc) is 2.92. The van der Waals surface area contributed by atoms with E-state index in [1.54, 1.807) is 12.1 Å². The molecule has 2 heterocycles. The van der Waals surface area contributed by atoms with Gasteiger partial charge in [-0.15, -0.1) is 0 Å². The number of fused-ring (bicyclic) bond motifs is 2. The Labute approximate surface area is 162 Å². The van der Waals surface area contributed by atoms with Gasteiger partial charge in [-0.2, -0.15) is 0 Å². The SMILES string of the molecule is Clc1cc(Cl)c(COc2ccc3c(c2)OCC32CCNCC2)c(Cl)c1. The molecular formula is C19H18Cl3NO2. The first-order chi connectivity index (χ1) is 12.1. The number of benzene rings is 2. The lowest BCUT2D eigenvalue weighted by Gasteiger charge is -2.32. The number of hydrogen-bond donors (Lipinski definition) is 1. The first-order valence-electron chi connectivity index (χ1n) is 8.32. The molecule has 25 heavy (non-hydrogen) atoms. The zero-order valence-corrected chi connectivity index (χ0v) is 15.8. The quantitative estimate of drug-likeness (QED) is 0.767. The van der Waals surface area contributed by atoms with Gasteiger partial charge in [-0.25, -0.2) is 0 Å². The highest BCUT2D eigenvalue weighted by Gasteiger charge is 2.41. The van der Waals surface area contributed by atoms with Gasteiger partial charge < -0.3 is 14.8 Å². The van der Waals surface area contributed by atoms with E-state index in [0.29, 0.717) is 15.1 Å². The van der Waals surface area contributed by atoms with Crippen LogP contribution in [0, 0.1) is 0 Å². The summed E-state index contributed by atoms with van der Waals surface area (Å²) in [6.07, 6.45) is 2.21. The minimum absolute atomic E-state index is 0.155. The summed E-state index contributed by atoms with van der Waals surface area (Å²) in [5, 5.41) is 4.93. The van der Waals surface area contributed by atoms with E-state index in [1.165, 1.54) is 5.56 Å². The van der Waals surface area contributed by atoms with Crippen LogP contribution in [-0.2, 0) is 12.0 Å². The zero-order valence-electron chi connectivity index (χ0n) is 13.6. The minimum atomic E-state index is 0.155. The highest BCUT2D eigenvalue weighted by atomic mass is 35.5. The molecule has 1 saturated heterocycles. The van der Waals surface area contributed by atoms with Gasteiger partial charge in [0.25, 0.3) is 0 Å². The number of rotatable bonds is 3. The summed E-state index contributed by atoms with van der Waals surface area (Å²) in [6.45, 7) is 3.11. The lowest BCUT2D eigenvalue weighted by molar-refractivity contribution is 0.220.